The molecule has 0 aliphatic carbocycles. The Balaban J connectivity index is 1.97. The molecule has 1 aromatic heterocycles. The lowest BCUT2D eigenvalue weighted by atomic mass is 10.1. The van der Waals surface area contributed by atoms with Crippen molar-refractivity contribution in [3.05, 3.63) is 23.3 Å². The molecule has 0 bridgehead atoms. The van der Waals surface area contributed by atoms with E-state index in [1.54, 1.807) is 12.0 Å². The molecule has 1 aromatic rings. The molecule has 0 atom stereocenters. The van der Waals surface area contributed by atoms with Crippen LogP contribution in [0.3, 0.4) is 0 Å². The van der Waals surface area contributed by atoms with Gasteiger partial charge < -0.3 is 14.4 Å². The number of ether oxygens (including phenoxy) is 2. The third-order valence-corrected chi connectivity index (χ3v) is 3.72. The van der Waals surface area contributed by atoms with Gasteiger partial charge in [0.15, 0.2) is 0 Å². The highest BCUT2D eigenvalue weighted by Crippen LogP contribution is 2.19. The Hall–Kier alpha value is -1.73. The fourth-order valence-corrected chi connectivity index (χ4v) is 2.48. The van der Waals surface area contributed by atoms with Crippen LogP contribution in [0.1, 0.15) is 37.9 Å². The van der Waals surface area contributed by atoms with Crippen molar-refractivity contribution >= 4 is 6.09 Å². The number of nitrogens with zero attached hydrogens (tertiary/aromatic N) is 4. The van der Waals surface area contributed by atoms with Crippen LogP contribution in [-0.2, 0) is 29.0 Å². The van der Waals surface area contributed by atoms with Crippen molar-refractivity contribution in [3.8, 4) is 0 Å². The van der Waals surface area contributed by atoms with Crippen molar-refractivity contribution < 1.29 is 14.3 Å². The fraction of sp³-hybridized carbons (Fsp3) is 0.706. The second-order valence-electron chi connectivity index (χ2n) is 7.14. The molecule has 1 aliphatic rings. The normalized spacial score (nSPS) is 14.7. The standard InChI is InChI=1S/C17H28N4O3/c1-17(2,3)24-16(22)21-7-6-14-13(11-21)10-18-15(19-14)12-20(4)8-9-23-5/h10H,6-9,11-12H2,1-5H3. The third-order valence-electron chi connectivity index (χ3n) is 3.72. The maximum atomic E-state index is 12.2. The molecule has 7 nitrogen and oxygen atoms in total. The van der Waals surface area contributed by atoms with Crippen LogP contribution in [0.4, 0.5) is 4.79 Å². The molecule has 0 aromatic carbocycles. The Bertz CT molecular complexity index is 571. The van der Waals surface area contributed by atoms with Gasteiger partial charge in [0.1, 0.15) is 11.4 Å². The van der Waals surface area contributed by atoms with Gasteiger partial charge in [-0.25, -0.2) is 14.8 Å². The van der Waals surface area contributed by atoms with Gasteiger partial charge in [-0.05, 0) is 27.8 Å². The molecule has 2 heterocycles. The number of carbonyl (C=O) groups is 1. The number of hydrogen-bond acceptors (Lipinski definition) is 6. The molecule has 0 unspecified atom stereocenters. The van der Waals surface area contributed by atoms with Gasteiger partial charge in [0.05, 0.1) is 25.4 Å². The molecular formula is C17H28N4O3. The number of methoxy groups -OCH3 is 1. The minimum Gasteiger partial charge on any atom is -0.444 e. The van der Waals surface area contributed by atoms with Crippen molar-refractivity contribution in [3.63, 3.8) is 0 Å². The zero-order valence-electron chi connectivity index (χ0n) is 15.3. The van der Waals surface area contributed by atoms with Crippen LogP contribution in [0, 0.1) is 0 Å². The Morgan fingerprint density at radius 3 is 2.83 bits per heavy atom. The van der Waals surface area contributed by atoms with E-state index in [4.69, 9.17) is 9.47 Å². The molecule has 0 radical (unpaired) electrons. The zero-order chi connectivity index (χ0) is 17.7. The lowest BCUT2D eigenvalue weighted by molar-refractivity contribution is 0.0222. The summed E-state index contributed by atoms with van der Waals surface area (Å²) in [6.45, 7) is 8.96. The smallest absolute Gasteiger partial charge is 0.410 e. The molecule has 134 valence electrons. The van der Waals surface area contributed by atoms with E-state index < -0.39 is 5.60 Å². The van der Waals surface area contributed by atoms with Crippen LogP contribution >= 0.6 is 0 Å². The Kier molecular flexibility index (Phi) is 6.12. The predicted octanol–water partition coefficient (Wildman–Crippen LogP) is 1.85. The van der Waals surface area contributed by atoms with Gasteiger partial charge in [-0.2, -0.15) is 0 Å². The zero-order valence-corrected chi connectivity index (χ0v) is 15.3. The summed E-state index contributed by atoms with van der Waals surface area (Å²) in [5.41, 5.74) is 1.54. The van der Waals surface area contributed by atoms with E-state index in [1.807, 2.05) is 34.0 Å². The summed E-state index contributed by atoms with van der Waals surface area (Å²) >= 11 is 0. The van der Waals surface area contributed by atoms with Crippen LogP contribution in [0.2, 0.25) is 0 Å². The Labute approximate surface area is 144 Å². The molecule has 24 heavy (non-hydrogen) atoms. The predicted molar refractivity (Wildman–Crippen MR) is 90.6 cm³/mol. The van der Waals surface area contributed by atoms with Crippen molar-refractivity contribution in [2.75, 3.05) is 33.9 Å². The summed E-state index contributed by atoms with van der Waals surface area (Å²) in [4.78, 5) is 25.1. The van der Waals surface area contributed by atoms with Crippen LogP contribution in [0.5, 0.6) is 0 Å². The maximum absolute atomic E-state index is 12.2. The highest BCUT2D eigenvalue weighted by atomic mass is 16.6. The number of likely N-dealkylation sites (N-methyl/N-ethyl adjacent to an activating group) is 1. The van der Waals surface area contributed by atoms with E-state index >= 15 is 0 Å². The number of fused-ring (bicyclic) bond motifs is 1. The van der Waals surface area contributed by atoms with Crippen LogP contribution < -0.4 is 0 Å². The molecule has 1 amide bonds. The SMILES string of the molecule is COCCN(C)Cc1ncc2c(n1)CCN(C(=O)OC(C)(C)C)C2. The van der Waals surface area contributed by atoms with Gasteiger partial charge in [-0.3, -0.25) is 4.90 Å². The van der Waals surface area contributed by atoms with E-state index in [0.717, 1.165) is 30.0 Å². The number of amides is 1. The highest BCUT2D eigenvalue weighted by Gasteiger charge is 2.26. The van der Waals surface area contributed by atoms with Crippen molar-refractivity contribution in [2.24, 2.45) is 0 Å². The molecule has 7 heteroatoms. The van der Waals surface area contributed by atoms with Crippen LogP contribution in [-0.4, -0.2) is 65.3 Å². The molecule has 1 aliphatic heterocycles. The van der Waals surface area contributed by atoms with E-state index in [9.17, 15) is 4.79 Å². The monoisotopic (exact) mass is 336 g/mol. The lowest BCUT2D eigenvalue weighted by Gasteiger charge is -2.30. The maximum Gasteiger partial charge on any atom is 0.410 e. The molecule has 2 rings (SSSR count). The van der Waals surface area contributed by atoms with Crippen LogP contribution in [0.25, 0.3) is 0 Å². The Morgan fingerprint density at radius 2 is 2.17 bits per heavy atom. The quantitative estimate of drug-likeness (QED) is 0.817. The van der Waals surface area contributed by atoms with E-state index in [-0.39, 0.29) is 6.09 Å². The number of carbonyl (C=O) groups excluding carboxylic acids is 1. The average molecular weight is 336 g/mol. The second-order valence-corrected chi connectivity index (χ2v) is 7.14. The lowest BCUT2D eigenvalue weighted by Crippen LogP contribution is -2.40. The summed E-state index contributed by atoms with van der Waals surface area (Å²) in [7, 11) is 3.71. The van der Waals surface area contributed by atoms with E-state index in [0.29, 0.717) is 26.2 Å². The fourth-order valence-electron chi connectivity index (χ4n) is 2.48. The van der Waals surface area contributed by atoms with Gasteiger partial charge in [0.25, 0.3) is 0 Å². The summed E-state index contributed by atoms with van der Waals surface area (Å²) in [5, 5.41) is 0. The first-order valence-corrected chi connectivity index (χ1v) is 8.27. The molecule has 0 fully saturated rings. The van der Waals surface area contributed by atoms with Crippen LogP contribution in [0.15, 0.2) is 6.20 Å². The molecule has 0 N–H and O–H groups in total. The van der Waals surface area contributed by atoms with Gasteiger partial charge in [0, 0.05) is 38.4 Å². The molecular weight excluding hydrogens is 308 g/mol. The summed E-state index contributed by atoms with van der Waals surface area (Å²) in [6, 6.07) is 0. The number of hydrogen-bond donors (Lipinski definition) is 0. The molecule has 0 spiro atoms. The minimum atomic E-state index is -0.482. The largest absolute Gasteiger partial charge is 0.444 e. The summed E-state index contributed by atoms with van der Waals surface area (Å²) in [6.07, 6.45) is 2.28. The van der Waals surface area contributed by atoms with E-state index in [2.05, 4.69) is 14.9 Å². The van der Waals surface area contributed by atoms with Gasteiger partial charge in [0.2, 0.25) is 0 Å². The van der Waals surface area contributed by atoms with Gasteiger partial charge in [-0.1, -0.05) is 0 Å². The average Bonchev–Trinajstić information content (AvgIpc) is 2.50. The first-order chi connectivity index (χ1) is 11.3. The summed E-state index contributed by atoms with van der Waals surface area (Å²) < 4.78 is 10.5. The third kappa shape index (κ3) is 5.42. The minimum absolute atomic E-state index is 0.281. The second kappa shape index (κ2) is 7.90. The van der Waals surface area contributed by atoms with Gasteiger partial charge in [-0.15, -0.1) is 0 Å². The van der Waals surface area contributed by atoms with Crippen molar-refractivity contribution in [2.45, 2.75) is 45.9 Å². The number of aromatic nitrogens is 2. The Morgan fingerprint density at radius 1 is 1.42 bits per heavy atom. The number of rotatable bonds is 5. The van der Waals surface area contributed by atoms with Crippen molar-refractivity contribution in [1.29, 1.82) is 0 Å². The first-order valence-electron chi connectivity index (χ1n) is 8.27. The highest BCUT2D eigenvalue weighted by molar-refractivity contribution is 5.68. The van der Waals surface area contributed by atoms with E-state index in [1.165, 1.54) is 0 Å². The first kappa shape index (κ1) is 18.6. The van der Waals surface area contributed by atoms with Gasteiger partial charge >= 0.3 is 6.09 Å². The topological polar surface area (TPSA) is 67.8 Å². The summed E-state index contributed by atoms with van der Waals surface area (Å²) in [5.74, 6) is 0.804. The van der Waals surface area contributed by atoms with Crippen molar-refractivity contribution in [1.82, 2.24) is 19.8 Å². The molecule has 0 saturated carbocycles. The molecule has 0 saturated heterocycles.